The van der Waals surface area contributed by atoms with E-state index in [2.05, 4.69) is 15.5 Å². The van der Waals surface area contributed by atoms with Crippen molar-refractivity contribution in [1.29, 1.82) is 0 Å². The summed E-state index contributed by atoms with van der Waals surface area (Å²) >= 11 is 1.23. The first-order valence-electron chi connectivity index (χ1n) is 10.6. The van der Waals surface area contributed by atoms with E-state index in [9.17, 15) is 9.18 Å². The van der Waals surface area contributed by atoms with Crippen LogP contribution >= 0.6 is 11.8 Å². The molecule has 0 atom stereocenters. The third kappa shape index (κ3) is 5.40. The van der Waals surface area contributed by atoms with E-state index < -0.39 is 0 Å². The van der Waals surface area contributed by atoms with E-state index in [4.69, 9.17) is 4.74 Å². The molecule has 33 heavy (non-hydrogen) atoms. The molecule has 0 bridgehead atoms. The molecule has 0 spiro atoms. The molecule has 168 valence electrons. The Hall–Kier alpha value is -3.65. The Balaban J connectivity index is 1.56. The number of halogens is 1. The number of aromatic nitrogens is 3. The average Bonchev–Trinajstić information content (AvgIpc) is 3.27. The van der Waals surface area contributed by atoms with Crippen molar-refractivity contribution in [3.05, 3.63) is 84.7 Å². The topological polar surface area (TPSA) is 69.0 Å². The van der Waals surface area contributed by atoms with Gasteiger partial charge in [-0.3, -0.25) is 9.36 Å². The maximum atomic E-state index is 14.5. The third-order valence-electron chi connectivity index (χ3n) is 4.72. The van der Waals surface area contributed by atoms with Crippen LogP contribution in [-0.4, -0.2) is 33.0 Å². The molecule has 8 heteroatoms. The number of anilines is 1. The molecule has 4 rings (SSSR count). The van der Waals surface area contributed by atoms with Gasteiger partial charge in [-0.2, -0.15) is 0 Å². The second-order valence-corrected chi connectivity index (χ2v) is 8.08. The summed E-state index contributed by atoms with van der Waals surface area (Å²) in [5.74, 6) is 0.514. The highest BCUT2D eigenvalue weighted by Gasteiger charge is 2.19. The van der Waals surface area contributed by atoms with Crippen LogP contribution in [0.1, 0.15) is 13.3 Å². The van der Waals surface area contributed by atoms with Gasteiger partial charge < -0.3 is 10.1 Å². The Kier molecular flexibility index (Phi) is 7.36. The molecule has 0 saturated carbocycles. The number of nitrogens with zero attached hydrogens (tertiary/aromatic N) is 3. The van der Waals surface area contributed by atoms with Crippen LogP contribution in [0.3, 0.4) is 0 Å². The van der Waals surface area contributed by atoms with Gasteiger partial charge in [0, 0.05) is 5.69 Å². The molecule has 0 aliphatic carbocycles. The Morgan fingerprint density at radius 3 is 2.52 bits per heavy atom. The quantitative estimate of drug-likeness (QED) is 0.328. The fourth-order valence-corrected chi connectivity index (χ4v) is 3.97. The molecule has 1 aromatic heterocycles. The predicted octanol–water partition coefficient (Wildman–Crippen LogP) is 5.59. The summed E-state index contributed by atoms with van der Waals surface area (Å²) in [5, 5.41) is 11.9. The number of nitrogens with one attached hydrogen (secondary N) is 1. The van der Waals surface area contributed by atoms with Crippen molar-refractivity contribution in [2.24, 2.45) is 0 Å². The lowest BCUT2D eigenvalue weighted by atomic mass is 10.2. The maximum Gasteiger partial charge on any atom is 0.234 e. The smallest absolute Gasteiger partial charge is 0.234 e. The largest absolute Gasteiger partial charge is 0.491 e. The highest BCUT2D eigenvalue weighted by molar-refractivity contribution is 7.99. The Morgan fingerprint density at radius 1 is 1.00 bits per heavy atom. The highest BCUT2D eigenvalue weighted by Crippen LogP contribution is 2.30. The van der Waals surface area contributed by atoms with Crippen molar-refractivity contribution in [2.75, 3.05) is 17.7 Å². The monoisotopic (exact) mass is 462 g/mol. The molecule has 1 heterocycles. The minimum Gasteiger partial charge on any atom is -0.491 e. The van der Waals surface area contributed by atoms with Crippen LogP contribution in [0, 0.1) is 5.82 Å². The van der Waals surface area contributed by atoms with E-state index in [0.29, 0.717) is 34.6 Å². The first-order valence-corrected chi connectivity index (χ1v) is 11.6. The summed E-state index contributed by atoms with van der Waals surface area (Å²) in [7, 11) is 0. The summed E-state index contributed by atoms with van der Waals surface area (Å²) in [6.45, 7) is 2.59. The van der Waals surface area contributed by atoms with Crippen molar-refractivity contribution >= 4 is 23.4 Å². The van der Waals surface area contributed by atoms with Crippen molar-refractivity contribution in [1.82, 2.24) is 14.8 Å². The fourth-order valence-electron chi connectivity index (χ4n) is 3.21. The molecule has 1 N–H and O–H groups in total. The lowest BCUT2D eigenvalue weighted by Gasteiger charge is -2.12. The van der Waals surface area contributed by atoms with Crippen LogP contribution < -0.4 is 10.1 Å². The zero-order chi connectivity index (χ0) is 23.0. The first kappa shape index (κ1) is 22.5. The number of ether oxygens (including phenoxy) is 1. The number of rotatable bonds is 9. The van der Waals surface area contributed by atoms with Crippen molar-refractivity contribution in [3.8, 4) is 22.8 Å². The van der Waals surface area contributed by atoms with Gasteiger partial charge in [0.15, 0.2) is 11.0 Å². The number of benzene rings is 3. The van der Waals surface area contributed by atoms with Gasteiger partial charge >= 0.3 is 0 Å². The molecule has 0 unspecified atom stereocenters. The minimum absolute atomic E-state index is 0.102. The molecule has 6 nitrogen and oxygen atoms in total. The number of carbonyl (C=O) groups is 1. The van der Waals surface area contributed by atoms with Crippen LogP contribution in [0.2, 0.25) is 0 Å². The zero-order valence-corrected chi connectivity index (χ0v) is 18.9. The summed E-state index contributed by atoms with van der Waals surface area (Å²) in [6, 6.07) is 23.2. The average molecular weight is 463 g/mol. The van der Waals surface area contributed by atoms with Crippen LogP contribution in [-0.2, 0) is 4.79 Å². The molecule has 1 amide bonds. The Labute approximate surface area is 195 Å². The molecule has 4 aromatic rings. The van der Waals surface area contributed by atoms with Gasteiger partial charge in [0.1, 0.15) is 11.6 Å². The van der Waals surface area contributed by atoms with Crippen molar-refractivity contribution < 1.29 is 13.9 Å². The number of thioether (sulfide) groups is 1. The first-order chi connectivity index (χ1) is 16.2. The standard InChI is InChI=1S/C25H23FN4O2S/c1-2-16-32-22-15-9-8-14-21(22)27-23(31)17-33-25-29-28-24(19-12-6-7-13-20(19)26)30(25)18-10-4-3-5-11-18/h3-15H,2,16-17H2,1H3,(H,27,31). The lowest BCUT2D eigenvalue weighted by Crippen LogP contribution is -2.15. The van der Waals surface area contributed by atoms with E-state index >= 15 is 0 Å². The van der Waals surface area contributed by atoms with E-state index in [1.54, 1.807) is 28.8 Å². The van der Waals surface area contributed by atoms with Gasteiger partial charge in [0.05, 0.1) is 23.6 Å². The molecular weight excluding hydrogens is 439 g/mol. The van der Waals surface area contributed by atoms with E-state index in [1.807, 2.05) is 55.5 Å². The minimum atomic E-state index is -0.389. The fraction of sp³-hybridized carbons (Fsp3) is 0.160. The van der Waals surface area contributed by atoms with E-state index in [-0.39, 0.29) is 17.5 Å². The summed E-state index contributed by atoms with van der Waals surface area (Å²) in [5.41, 5.74) is 1.74. The number of para-hydroxylation sites is 3. The summed E-state index contributed by atoms with van der Waals surface area (Å²) in [4.78, 5) is 12.7. The second-order valence-electron chi connectivity index (χ2n) is 7.14. The molecule has 0 fully saturated rings. The van der Waals surface area contributed by atoms with E-state index in [1.165, 1.54) is 17.8 Å². The summed E-state index contributed by atoms with van der Waals surface area (Å²) in [6.07, 6.45) is 0.873. The van der Waals surface area contributed by atoms with Gasteiger partial charge in [-0.05, 0) is 42.8 Å². The van der Waals surface area contributed by atoms with Gasteiger partial charge in [-0.25, -0.2) is 4.39 Å². The zero-order valence-electron chi connectivity index (χ0n) is 18.1. The second kappa shape index (κ2) is 10.8. The van der Waals surface area contributed by atoms with Crippen molar-refractivity contribution in [3.63, 3.8) is 0 Å². The van der Waals surface area contributed by atoms with Gasteiger partial charge in [-0.1, -0.05) is 61.2 Å². The van der Waals surface area contributed by atoms with Gasteiger partial charge in [-0.15, -0.1) is 10.2 Å². The van der Waals surface area contributed by atoms with Crippen LogP contribution in [0.4, 0.5) is 10.1 Å². The highest BCUT2D eigenvalue weighted by atomic mass is 32.2. The number of amides is 1. The van der Waals surface area contributed by atoms with Gasteiger partial charge in [0.2, 0.25) is 5.91 Å². The number of hydrogen-bond acceptors (Lipinski definition) is 5. The number of carbonyl (C=O) groups excluding carboxylic acids is 1. The number of hydrogen-bond donors (Lipinski definition) is 1. The van der Waals surface area contributed by atoms with Crippen LogP contribution in [0.15, 0.2) is 84.0 Å². The van der Waals surface area contributed by atoms with Crippen LogP contribution in [0.5, 0.6) is 5.75 Å². The van der Waals surface area contributed by atoms with Gasteiger partial charge in [0.25, 0.3) is 0 Å². The molecular formula is C25H23FN4O2S. The molecule has 0 aliphatic heterocycles. The molecule has 3 aromatic carbocycles. The lowest BCUT2D eigenvalue weighted by molar-refractivity contribution is -0.113. The predicted molar refractivity (Wildman–Crippen MR) is 128 cm³/mol. The molecule has 0 saturated heterocycles. The maximum absolute atomic E-state index is 14.5. The molecule has 0 radical (unpaired) electrons. The molecule has 0 aliphatic rings. The van der Waals surface area contributed by atoms with E-state index in [0.717, 1.165) is 12.1 Å². The normalized spacial score (nSPS) is 10.7. The Morgan fingerprint density at radius 2 is 1.73 bits per heavy atom. The third-order valence-corrected chi connectivity index (χ3v) is 5.65. The SMILES string of the molecule is CCCOc1ccccc1NC(=O)CSc1nnc(-c2ccccc2F)n1-c1ccccc1. The Bertz CT molecular complexity index is 1230. The summed E-state index contributed by atoms with van der Waals surface area (Å²) < 4.78 is 22.0. The van der Waals surface area contributed by atoms with Crippen LogP contribution in [0.25, 0.3) is 17.1 Å². The van der Waals surface area contributed by atoms with Crippen molar-refractivity contribution in [2.45, 2.75) is 18.5 Å².